The van der Waals surface area contributed by atoms with Crippen molar-refractivity contribution >= 4 is 11.8 Å². The van der Waals surface area contributed by atoms with Gasteiger partial charge in [-0.2, -0.15) is 0 Å². The van der Waals surface area contributed by atoms with Gasteiger partial charge in [0.25, 0.3) is 0 Å². The number of aryl methyl sites for hydroxylation is 1. The van der Waals surface area contributed by atoms with E-state index in [1.54, 1.807) is 13.0 Å². The highest BCUT2D eigenvalue weighted by Crippen LogP contribution is 2.57. The van der Waals surface area contributed by atoms with Crippen LogP contribution in [0, 0.1) is 12.3 Å². The third-order valence-corrected chi connectivity index (χ3v) is 4.61. The first-order valence-corrected chi connectivity index (χ1v) is 7.26. The molecule has 2 saturated carbocycles. The van der Waals surface area contributed by atoms with Crippen LogP contribution in [0.15, 0.2) is 10.6 Å². The van der Waals surface area contributed by atoms with Gasteiger partial charge in [0.2, 0.25) is 0 Å². The largest absolute Gasteiger partial charge is 0.378 e. The molecule has 3 rings (SSSR count). The van der Waals surface area contributed by atoms with Gasteiger partial charge in [-0.1, -0.05) is 11.6 Å². The van der Waals surface area contributed by atoms with Crippen molar-refractivity contribution < 1.29 is 14.1 Å². The fourth-order valence-electron chi connectivity index (χ4n) is 3.38. The second-order valence-corrected chi connectivity index (χ2v) is 5.74. The zero-order valence-corrected chi connectivity index (χ0v) is 11.9. The molecule has 1 aromatic rings. The topological polar surface area (TPSA) is 76.4 Å². The van der Waals surface area contributed by atoms with Crippen LogP contribution < -0.4 is 10.6 Å². The van der Waals surface area contributed by atoms with E-state index in [4.69, 9.17) is 9.26 Å². The van der Waals surface area contributed by atoms with Crippen LogP contribution in [0.4, 0.5) is 10.6 Å². The van der Waals surface area contributed by atoms with Crippen LogP contribution >= 0.6 is 0 Å². The van der Waals surface area contributed by atoms with Gasteiger partial charge >= 0.3 is 6.03 Å². The molecule has 1 aromatic heterocycles. The fraction of sp³-hybridized carbons (Fsp3) is 0.714. The fourth-order valence-corrected chi connectivity index (χ4v) is 3.38. The molecule has 0 unspecified atom stereocenters. The molecule has 2 aliphatic rings. The highest BCUT2D eigenvalue weighted by atomic mass is 16.5. The lowest BCUT2D eigenvalue weighted by Crippen LogP contribution is -2.68. The monoisotopic (exact) mass is 279 g/mol. The summed E-state index contributed by atoms with van der Waals surface area (Å²) < 4.78 is 10.7. The van der Waals surface area contributed by atoms with Crippen molar-refractivity contribution in [1.29, 1.82) is 0 Å². The van der Waals surface area contributed by atoms with E-state index in [-0.39, 0.29) is 17.5 Å². The van der Waals surface area contributed by atoms with Gasteiger partial charge < -0.3 is 14.6 Å². The summed E-state index contributed by atoms with van der Waals surface area (Å²) in [6.07, 6.45) is 4.73. The number of ether oxygens (including phenoxy) is 1. The normalized spacial score (nSPS) is 26.7. The number of anilines is 1. The molecule has 0 radical (unpaired) electrons. The van der Waals surface area contributed by atoms with E-state index in [0.29, 0.717) is 17.7 Å². The number of hydrogen-bond donors (Lipinski definition) is 2. The van der Waals surface area contributed by atoms with Crippen molar-refractivity contribution in [3.05, 3.63) is 11.8 Å². The molecule has 2 amide bonds. The van der Waals surface area contributed by atoms with Crippen LogP contribution in [0.3, 0.4) is 0 Å². The Balaban J connectivity index is 1.54. The third kappa shape index (κ3) is 2.18. The van der Waals surface area contributed by atoms with E-state index in [9.17, 15) is 4.79 Å². The van der Waals surface area contributed by atoms with Crippen molar-refractivity contribution in [2.45, 2.75) is 51.7 Å². The number of aromatic nitrogens is 1. The summed E-state index contributed by atoms with van der Waals surface area (Å²) in [6.45, 7) is 4.55. The highest BCUT2D eigenvalue weighted by Gasteiger charge is 2.59. The predicted octanol–water partition coefficient (Wildman–Crippen LogP) is 2.45. The highest BCUT2D eigenvalue weighted by molar-refractivity contribution is 5.88. The van der Waals surface area contributed by atoms with Gasteiger partial charge in [-0.15, -0.1) is 0 Å². The Morgan fingerprint density at radius 2 is 2.40 bits per heavy atom. The maximum atomic E-state index is 12.0. The van der Waals surface area contributed by atoms with Gasteiger partial charge in [0, 0.05) is 24.1 Å². The second-order valence-electron chi connectivity index (χ2n) is 5.74. The Morgan fingerprint density at radius 1 is 1.60 bits per heavy atom. The first-order chi connectivity index (χ1) is 9.64. The van der Waals surface area contributed by atoms with E-state index in [2.05, 4.69) is 15.8 Å². The zero-order chi connectivity index (χ0) is 14.2. The Morgan fingerprint density at radius 3 is 2.95 bits per heavy atom. The van der Waals surface area contributed by atoms with Gasteiger partial charge in [0.1, 0.15) is 5.76 Å². The maximum Gasteiger partial charge on any atom is 0.320 e. The molecule has 1 heterocycles. The Labute approximate surface area is 118 Å². The maximum absolute atomic E-state index is 12.0. The van der Waals surface area contributed by atoms with E-state index >= 15 is 0 Å². The number of carbonyl (C=O) groups is 1. The van der Waals surface area contributed by atoms with Crippen LogP contribution in [-0.2, 0) is 4.74 Å². The lowest BCUT2D eigenvalue weighted by atomic mass is 9.51. The number of amides is 2. The van der Waals surface area contributed by atoms with Crippen LogP contribution in [-0.4, -0.2) is 29.9 Å². The third-order valence-electron chi connectivity index (χ3n) is 4.61. The molecule has 110 valence electrons. The number of carbonyl (C=O) groups excluding carboxylic acids is 1. The minimum atomic E-state index is -0.218. The average Bonchev–Trinajstić information content (AvgIpc) is 2.71. The van der Waals surface area contributed by atoms with Crippen LogP contribution in [0.25, 0.3) is 0 Å². The van der Waals surface area contributed by atoms with Gasteiger partial charge in [0.15, 0.2) is 5.82 Å². The van der Waals surface area contributed by atoms with E-state index < -0.39 is 0 Å². The van der Waals surface area contributed by atoms with Crippen LogP contribution in [0.1, 0.15) is 38.4 Å². The lowest BCUT2D eigenvalue weighted by Gasteiger charge is -2.60. The molecule has 2 N–H and O–H groups in total. The van der Waals surface area contributed by atoms with Crippen molar-refractivity contribution in [1.82, 2.24) is 10.5 Å². The standard InChI is InChI=1S/C14H21N3O3/c1-3-19-11-8-10(14(11)5-4-6-14)15-13(18)16-12-7-9(2)20-17-12/h7,10-11H,3-6,8H2,1-2H3,(H2,15,16,17,18)/t10-,11+/m1/s1. The molecule has 6 nitrogen and oxygen atoms in total. The summed E-state index contributed by atoms with van der Waals surface area (Å²) in [5.41, 5.74) is 0.174. The smallest absolute Gasteiger partial charge is 0.320 e. The molecule has 1 spiro atoms. The first kappa shape index (κ1) is 13.4. The number of nitrogens with zero attached hydrogens (tertiary/aromatic N) is 1. The SMILES string of the molecule is CCO[C@H]1C[C@@H](NC(=O)Nc2cc(C)on2)C12CCC2. The summed E-state index contributed by atoms with van der Waals surface area (Å²) >= 11 is 0. The van der Waals surface area contributed by atoms with Crippen molar-refractivity contribution in [2.24, 2.45) is 5.41 Å². The van der Waals surface area contributed by atoms with E-state index in [1.165, 1.54) is 6.42 Å². The zero-order valence-electron chi connectivity index (χ0n) is 11.9. The summed E-state index contributed by atoms with van der Waals surface area (Å²) in [5.74, 6) is 1.12. The summed E-state index contributed by atoms with van der Waals surface area (Å²) in [7, 11) is 0. The van der Waals surface area contributed by atoms with Gasteiger partial charge in [-0.3, -0.25) is 5.32 Å². The molecule has 0 aliphatic heterocycles. The van der Waals surface area contributed by atoms with Crippen LogP contribution in [0.2, 0.25) is 0 Å². The van der Waals surface area contributed by atoms with E-state index in [1.807, 2.05) is 6.92 Å². The van der Waals surface area contributed by atoms with Gasteiger partial charge in [-0.05, 0) is 33.1 Å². The summed E-state index contributed by atoms with van der Waals surface area (Å²) in [6, 6.07) is 1.69. The molecule has 0 bridgehead atoms. The molecule has 0 saturated heterocycles. The quantitative estimate of drug-likeness (QED) is 0.887. The number of hydrogen-bond acceptors (Lipinski definition) is 4. The van der Waals surface area contributed by atoms with Crippen molar-refractivity contribution in [3.8, 4) is 0 Å². The molecule has 2 fully saturated rings. The van der Waals surface area contributed by atoms with Gasteiger partial charge in [0.05, 0.1) is 6.10 Å². The van der Waals surface area contributed by atoms with Crippen molar-refractivity contribution in [2.75, 3.05) is 11.9 Å². The molecule has 6 heteroatoms. The van der Waals surface area contributed by atoms with Gasteiger partial charge in [-0.25, -0.2) is 4.79 Å². The molecule has 20 heavy (non-hydrogen) atoms. The number of urea groups is 1. The van der Waals surface area contributed by atoms with E-state index in [0.717, 1.165) is 25.9 Å². The lowest BCUT2D eigenvalue weighted by molar-refractivity contribution is -0.169. The molecular weight excluding hydrogens is 258 g/mol. The Kier molecular flexibility index (Phi) is 3.41. The summed E-state index contributed by atoms with van der Waals surface area (Å²) in [4.78, 5) is 12.0. The minimum absolute atomic E-state index is 0.174. The van der Waals surface area contributed by atoms with Crippen LogP contribution in [0.5, 0.6) is 0 Å². The summed E-state index contributed by atoms with van der Waals surface area (Å²) in [5, 5.41) is 9.49. The Hall–Kier alpha value is -1.56. The molecule has 0 aromatic carbocycles. The van der Waals surface area contributed by atoms with Crippen molar-refractivity contribution in [3.63, 3.8) is 0 Å². The minimum Gasteiger partial charge on any atom is -0.378 e. The first-order valence-electron chi connectivity index (χ1n) is 7.26. The molecule has 2 aliphatic carbocycles. The predicted molar refractivity (Wildman–Crippen MR) is 73.5 cm³/mol. The average molecular weight is 279 g/mol. The molecule has 2 atom stereocenters. The Bertz CT molecular complexity index is 496. The number of rotatable bonds is 4. The number of nitrogens with one attached hydrogen (secondary N) is 2. The second kappa shape index (κ2) is 5.09. The molecular formula is C14H21N3O3.